The number of rotatable bonds is 3. The maximum atomic E-state index is 12.0. The fraction of sp³-hybridized carbons (Fsp3) is 0.0714. The number of amides is 1. The van der Waals surface area contributed by atoms with Crippen molar-refractivity contribution in [2.24, 2.45) is 0 Å². The fourth-order valence-electron chi connectivity index (χ4n) is 1.53. The van der Waals surface area contributed by atoms with E-state index in [1.807, 2.05) is 34.7 Å². The molecular weight excluding hydrogens is 377 g/mol. The first-order chi connectivity index (χ1) is 9.10. The molecule has 2 N–H and O–H groups in total. The summed E-state index contributed by atoms with van der Waals surface area (Å²) >= 11 is 7.70. The van der Waals surface area contributed by atoms with Gasteiger partial charge in [-0.15, -0.1) is 11.6 Å². The second kappa shape index (κ2) is 6.25. The van der Waals surface area contributed by atoms with Crippen LogP contribution in [0.1, 0.15) is 15.9 Å². The summed E-state index contributed by atoms with van der Waals surface area (Å²) < 4.78 is 0.709. The summed E-state index contributed by atoms with van der Waals surface area (Å²) in [6.07, 6.45) is 0. The number of phenols is 1. The number of alkyl halides is 1. The quantitative estimate of drug-likeness (QED) is 0.618. The summed E-state index contributed by atoms with van der Waals surface area (Å²) in [4.78, 5) is 12.0. The third-order valence-electron chi connectivity index (χ3n) is 2.57. The highest BCUT2D eigenvalue weighted by molar-refractivity contribution is 14.1. The molecule has 0 radical (unpaired) electrons. The molecule has 2 rings (SSSR count). The maximum absolute atomic E-state index is 12.0. The van der Waals surface area contributed by atoms with E-state index < -0.39 is 0 Å². The highest BCUT2D eigenvalue weighted by Crippen LogP contribution is 2.21. The van der Waals surface area contributed by atoms with Crippen LogP contribution in [0.25, 0.3) is 0 Å². The van der Waals surface area contributed by atoms with Gasteiger partial charge < -0.3 is 10.4 Å². The first-order valence-corrected chi connectivity index (χ1v) is 7.16. The van der Waals surface area contributed by atoms with Crippen LogP contribution in [-0.2, 0) is 5.88 Å². The van der Waals surface area contributed by atoms with Crippen molar-refractivity contribution in [1.29, 1.82) is 0 Å². The summed E-state index contributed by atoms with van der Waals surface area (Å²) in [5.41, 5.74) is 2.10. The standard InChI is InChI=1S/C14H11ClINO2/c15-8-9-1-4-11(5-2-9)17-14(19)10-3-6-12(16)13(18)7-10/h1-7,18H,8H2,(H,17,19). The first-order valence-electron chi connectivity index (χ1n) is 5.55. The monoisotopic (exact) mass is 387 g/mol. The van der Waals surface area contributed by atoms with Crippen LogP contribution in [0.4, 0.5) is 5.69 Å². The van der Waals surface area contributed by atoms with Gasteiger partial charge >= 0.3 is 0 Å². The van der Waals surface area contributed by atoms with E-state index in [2.05, 4.69) is 5.32 Å². The minimum Gasteiger partial charge on any atom is -0.507 e. The van der Waals surface area contributed by atoms with E-state index in [1.54, 1.807) is 24.3 Å². The number of benzene rings is 2. The van der Waals surface area contributed by atoms with Crippen LogP contribution in [-0.4, -0.2) is 11.0 Å². The lowest BCUT2D eigenvalue weighted by atomic mass is 10.2. The molecule has 98 valence electrons. The van der Waals surface area contributed by atoms with E-state index in [0.29, 0.717) is 20.7 Å². The average Bonchev–Trinajstić information content (AvgIpc) is 2.42. The first kappa shape index (κ1) is 14.1. The highest BCUT2D eigenvalue weighted by atomic mass is 127. The van der Waals surface area contributed by atoms with Crippen molar-refractivity contribution in [3.05, 3.63) is 57.2 Å². The van der Waals surface area contributed by atoms with Crippen molar-refractivity contribution in [3.63, 3.8) is 0 Å². The molecule has 1 amide bonds. The zero-order valence-corrected chi connectivity index (χ0v) is 12.8. The van der Waals surface area contributed by atoms with Crippen LogP contribution in [0.5, 0.6) is 5.75 Å². The number of nitrogens with one attached hydrogen (secondary N) is 1. The molecule has 3 nitrogen and oxygen atoms in total. The second-order valence-corrected chi connectivity index (χ2v) is 5.38. The lowest BCUT2D eigenvalue weighted by Crippen LogP contribution is -2.11. The molecule has 2 aromatic carbocycles. The van der Waals surface area contributed by atoms with Gasteiger partial charge in [0.15, 0.2) is 0 Å². The molecule has 0 saturated heterocycles. The Bertz CT molecular complexity index is 599. The van der Waals surface area contributed by atoms with Crippen molar-refractivity contribution in [3.8, 4) is 5.75 Å². The van der Waals surface area contributed by atoms with Gasteiger partial charge in [0.2, 0.25) is 0 Å². The minimum absolute atomic E-state index is 0.103. The Morgan fingerprint density at radius 1 is 1.21 bits per heavy atom. The van der Waals surface area contributed by atoms with E-state index in [9.17, 15) is 9.90 Å². The van der Waals surface area contributed by atoms with Crippen LogP contribution in [0.15, 0.2) is 42.5 Å². The van der Waals surface area contributed by atoms with E-state index in [1.165, 1.54) is 6.07 Å². The van der Waals surface area contributed by atoms with Gasteiger partial charge in [0.1, 0.15) is 5.75 Å². The number of aromatic hydroxyl groups is 1. The van der Waals surface area contributed by atoms with Gasteiger partial charge in [-0.05, 0) is 58.5 Å². The molecule has 0 aromatic heterocycles. The number of hydrogen-bond donors (Lipinski definition) is 2. The molecular formula is C14H11ClINO2. The SMILES string of the molecule is O=C(Nc1ccc(CCl)cc1)c1ccc(I)c(O)c1. The van der Waals surface area contributed by atoms with Gasteiger partial charge in [-0.3, -0.25) is 4.79 Å². The van der Waals surface area contributed by atoms with Crippen LogP contribution in [0, 0.1) is 3.57 Å². The predicted molar refractivity (Wildman–Crippen MR) is 84.8 cm³/mol. The minimum atomic E-state index is -0.259. The van der Waals surface area contributed by atoms with E-state index in [4.69, 9.17) is 11.6 Å². The van der Waals surface area contributed by atoms with Crippen molar-refractivity contribution in [1.82, 2.24) is 0 Å². The molecule has 19 heavy (non-hydrogen) atoms. The number of phenolic OH excluding ortho intramolecular Hbond substituents is 1. The Morgan fingerprint density at radius 2 is 1.89 bits per heavy atom. The maximum Gasteiger partial charge on any atom is 0.255 e. The molecule has 0 bridgehead atoms. The van der Waals surface area contributed by atoms with Gasteiger partial charge in [0.25, 0.3) is 5.91 Å². The van der Waals surface area contributed by atoms with E-state index >= 15 is 0 Å². The van der Waals surface area contributed by atoms with Crippen LogP contribution >= 0.6 is 34.2 Å². The summed E-state index contributed by atoms with van der Waals surface area (Å²) in [7, 11) is 0. The van der Waals surface area contributed by atoms with Crippen molar-refractivity contribution < 1.29 is 9.90 Å². The van der Waals surface area contributed by atoms with Crippen LogP contribution in [0.3, 0.4) is 0 Å². The Balaban J connectivity index is 2.13. The van der Waals surface area contributed by atoms with Gasteiger partial charge in [-0.2, -0.15) is 0 Å². The van der Waals surface area contributed by atoms with Crippen molar-refractivity contribution in [2.75, 3.05) is 5.32 Å². The van der Waals surface area contributed by atoms with Crippen LogP contribution < -0.4 is 5.32 Å². The smallest absolute Gasteiger partial charge is 0.255 e. The topological polar surface area (TPSA) is 49.3 Å². The van der Waals surface area contributed by atoms with Gasteiger partial charge in [0.05, 0.1) is 3.57 Å². The Hall–Kier alpha value is -1.27. The normalized spacial score (nSPS) is 10.2. The van der Waals surface area contributed by atoms with Gasteiger partial charge in [-0.25, -0.2) is 0 Å². The molecule has 0 aliphatic rings. The summed E-state index contributed by atoms with van der Waals surface area (Å²) in [5, 5.41) is 12.3. The second-order valence-electron chi connectivity index (χ2n) is 3.95. The van der Waals surface area contributed by atoms with E-state index in [0.717, 1.165) is 5.56 Å². The molecule has 0 unspecified atom stereocenters. The number of halogens is 2. The third-order valence-corrected chi connectivity index (χ3v) is 3.80. The zero-order valence-electron chi connectivity index (χ0n) is 9.86. The molecule has 0 heterocycles. The number of carbonyl (C=O) groups is 1. The zero-order chi connectivity index (χ0) is 13.8. The molecule has 0 saturated carbocycles. The summed E-state index contributed by atoms with van der Waals surface area (Å²) in [5.74, 6) is 0.287. The lowest BCUT2D eigenvalue weighted by molar-refractivity contribution is 0.102. The molecule has 0 fully saturated rings. The Morgan fingerprint density at radius 3 is 2.47 bits per heavy atom. The summed E-state index contributed by atoms with van der Waals surface area (Å²) in [6, 6.07) is 12.1. The summed E-state index contributed by atoms with van der Waals surface area (Å²) in [6.45, 7) is 0. The van der Waals surface area contributed by atoms with E-state index in [-0.39, 0.29) is 11.7 Å². The fourth-order valence-corrected chi connectivity index (χ4v) is 2.05. The van der Waals surface area contributed by atoms with Crippen molar-refractivity contribution >= 4 is 45.8 Å². The predicted octanol–water partition coefficient (Wildman–Crippen LogP) is 3.99. The molecule has 2 aromatic rings. The van der Waals surface area contributed by atoms with Crippen LogP contribution in [0.2, 0.25) is 0 Å². The average molecular weight is 388 g/mol. The molecule has 5 heteroatoms. The Kier molecular flexibility index (Phi) is 4.66. The van der Waals surface area contributed by atoms with Crippen molar-refractivity contribution in [2.45, 2.75) is 5.88 Å². The molecule has 0 spiro atoms. The highest BCUT2D eigenvalue weighted by Gasteiger charge is 2.08. The largest absolute Gasteiger partial charge is 0.507 e. The number of hydrogen-bond acceptors (Lipinski definition) is 2. The lowest BCUT2D eigenvalue weighted by Gasteiger charge is -2.07. The third kappa shape index (κ3) is 3.61. The van der Waals surface area contributed by atoms with Gasteiger partial charge in [0, 0.05) is 17.1 Å². The molecule has 0 aliphatic heterocycles. The Labute approximate surface area is 129 Å². The molecule has 0 aliphatic carbocycles. The number of anilines is 1. The molecule has 0 atom stereocenters. The van der Waals surface area contributed by atoms with Gasteiger partial charge in [-0.1, -0.05) is 12.1 Å². The number of carbonyl (C=O) groups excluding carboxylic acids is 1.